The Morgan fingerprint density at radius 1 is 1.47 bits per heavy atom. The fourth-order valence-electron chi connectivity index (χ4n) is 1.96. The van der Waals surface area contributed by atoms with E-state index < -0.39 is 11.5 Å². The van der Waals surface area contributed by atoms with Crippen LogP contribution in [0.15, 0.2) is 12.1 Å². The van der Waals surface area contributed by atoms with Gasteiger partial charge in [0.15, 0.2) is 5.60 Å². The van der Waals surface area contributed by atoms with Crippen molar-refractivity contribution < 1.29 is 14.7 Å². The molecule has 1 atom stereocenters. The van der Waals surface area contributed by atoms with Crippen LogP contribution in [0.1, 0.15) is 18.9 Å². The summed E-state index contributed by atoms with van der Waals surface area (Å²) in [6.45, 7) is 1.36. The summed E-state index contributed by atoms with van der Waals surface area (Å²) in [5.41, 5.74) is -0.615. The van der Waals surface area contributed by atoms with E-state index in [4.69, 9.17) is 0 Å². The third-order valence-corrected chi connectivity index (χ3v) is 4.07. The second-order valence-electron chi connectivity index (χ2n) is 4.00. The topological polar surface area (TPSA) is 66.4 Å². The van der Waals surface area contributed by atoms with Gasteiger partial charge >= 0.3 is 0 Å². The van der Waals surface area contributed by atoms with E-state index in [1.807, 2.05) is 6.07 Å². The molecular formula is C11H9I2NO3. The first-order chi connectivity index (χ1) is 7.84. The van der Waals surface area contributed by atoms with Crippen LogP contribution in [0.5, 0.6) is 0 Å². The van der Waals surface area contributed by atoms with Gasteiger partial charge in [-0.3, -0.25) is 9.59 Å². The average Bonchev–Trinajstić information content (AvgIpc) is 2.36. The third kappa shape index (κ3) is 2.22. The number of hydrogen-bond donors (Lipinski definition) is 2. The van der Waals surface area contributed by atoms with Crippen molar-refractivity contribution in [3.8, 4) is 0 Å². The minimum atomic E-state index is -1.72. The number of ketones is 1. The molecule has 1 amide bonds. The molecule has 0 spiro atoms. The molecule has 0 fully saturated rings. The van der Waals surface area contributed by atoms with E-state index in [0.29, 0.717) is 11.3 Å². The van der Waals surface area contributed by atoms with Crippen LogP contribution in [0.3, 0.4) is 0 Å². The van der Waals surface area contributed by atoms with Crippen LogP contribution in [0.4, 0.5) is 5.69 Å². The largest absolute Gasteiger partial charge is 0.375 e. The predicted octanol–water partition coefficient (Wildman–Crippen LogP) is 2.01. The number of amides is 1. The number of rotatable bonds is 2. The van der Waals surface area contributed by atoms with Crippen LogP contribution in [-0.2, 0) is 15.2 Å². The number of hydrogen-bond acceptors (Lipinski definition) is 3. The Kier molecular flexibility index (Phi) is 3.47. The summed E-state index contributed by atoms with van der Waals surface area (Å²) in [4.78, 5) is 23.0. The highest BCUT2D eigenvalue weighted by Gasteiger charge is 2.47. The number of benzene rings is 1. The van der Waals surface area contributed by atoms with Gasteiger partial charge in [0.25, 0.3) is 5.91 Å². The number of anilines is 1. The van der Waals surface area contributed by atoms with Gasteiger partial charge in [0, 0.05) is 24.8 Å². The average molecular weight is 457 g/mol. The second-order valence-corrected chi connectivity index (χ2v) is 6.41. The van der Waals surface area contributed by atoms with E-state index in [9.17, 15) is 14.7 Å². The zero-order chi connectivity index (χ0) is 12.8. The minimum absolute atomic E-state index is 0.192. The molecule has 0 aliphatic carbocycles. The highest BCUT2D eigenvalue weighted by molar-refractivity contribution is 14.1. The summed E-state index contributed by atoms with van der Waals surface area (Å²) in [7, 11) is 0. The first-order valence-corrected chi connectivity index (χ1v) is 7.03. The highest BCUT2D eigenvalue weighted by Crippen LogP contribution is 2.42. The molecule has 6 heteroatoms. The maximum Gasteiger partial charge on any atom is 0.261 e. The van der Waals surface area contributed by atoms with Gasteiger partial charge in [0.1, 0.15) is 5.78 Å². The van der Waals surface area contributed by atoms with Crippen molar-refractivity contribution in [2.75, 3.05) is 5.32 Å². The van der Waals surface area contributed by atoms with Crippen LogP contribution >= 0.6 is 45.2 Å². The maximum absolute atomic E-state index is 11.8. The van der Waals surface area contributed by atoms with E-state index in [1.165, 1.54) is 6.92 Å². The molecule has 1 heterocycles. The second kappa shape index (κ2) is 4.47. The fourth-order valence-corrected chi connectivity index (χ4v) is 4.25. The van der Waals surface area contributed by atoms with Gasteiger partial charge in [0.2, 0.25) is 0 Å². The first-order valence-electron chi connectivity index (χ1n) is 4.87. The zero-order valence-corrected chi connectivity index (χ0v) is 13.2. The van der Waals surface area contributed by atoms with E-state index in [0.717, 1.165) is 7.14 Å². The van der Waals surface area contributed by atoms with Crippen molar-refractivity contribution in [2.45, 2.75) is 18.9 Å². The molecule has 90 valence electrons. The maximum atomic E-state index is 11.8. The number of aliphatic hydroxyl groups is 1. The van der Waals surface area contributed by atoms with Gasteiger partial charge in [-0.05, 0) is 64.2 Å². The van der Waals surface area contributed by atoms with Crippen molar-refractivity contribution in [1.29, 1.82) is 0 Å². The Hall–Kier alpha value is -0.220. The molecule has 1 aromatic carbocycles. The molecule has 2 N–H and O–H groups in total. The molecule has 0 radical (unpaired) electrons. The molecule has 1 aromatic rings. The fraction of sp³-hybridized carbons (Fsp3) is 0.273. The number of Topliss-reactive ketones (excluding diaryl/α,β-unsaturated/α-hetero) is 1. The molecule has 0 saturated carbocycles. The van der Waals surface area contributed by atoms with Crippen molar-refractivity contribution in [2.24, 2.45) is 0 Å². The smallest absolute Gasteiger partial charge is 0.261 e. The zero-order valence-electron chi connectivity index (χ0n) is 8.88. The number of fused-ring (bicyclic) bond motifs is 1. The van der Waals surface area contributed by atoms with E-state index in [2.05, 4.69) is 50.5 Å². The molecule has 2 rings (SSSR count). The summed E-state index contributed by atoms with van der Waals surface area (Å²) in [6, 6.07) is 3.65. The standard InChI is InChI=1S/C11H9I2NO3/c1-5(15)4-11(17)9-7(13)2-6(12)3-8(9)14-10(11)16/h2-3,17H,4H2,1H3,(H,14,16). The minimum Gasteiger partial charge on any atom is -0.375 e. The highest BCUT2D eigenvalue weighted by atomic mass is 127. The quantitative estimate of drug-likeness (QED) is 0.669. The van der Waals surface area contributed by atoms with Gasteiger partial charge in [-0.15, -0.1) is 0 Å². The van der Waals surface area contributed by atoms with E-state index >= 15 is 0 Å². The number of carbonyl (C=O) groups excluding carboxylic acids is 2. The first kappa shape index (κ1) is 13.2. The normalized spacial score (nSPS) is 22.2. The van der Waals surface area contributed by atoms with Crippen LogP contribution in [0, 0.1) is 7.14 Å². The Bertz CT molecular complexity index is 530. The number of nitrogens with one attached hydrogen (secondary N) is 1. The lowest BCUT2D eigenvalue weighted by Gasteiger charge is -2.20. The Balaban J connectivity index is 2.61. The van der Waals surface area contributed by atoms with Crippen LogP contribution in [0.2, 0.25) is 0 Å². The summed E-state index contributed by atoms with van der Waals surface area (Å²) in [6.07, 6.45) is -0.192. The monoisotopic (exact) mass is 457 g/mol. The molecule has 4 nitrogen and oxygen atoms in total. The summed E-state index contributed by atoms with van der Waals surface area (Å²) in [5, 5.41) is 13.0. The van der Waals surface area contributed by atoms with Gasteiger partial charge in [-0.1, -0.05) is 0 Å². The van der Waals surface area contributed by atoms with Gasteiger partial charge in [0.05, 0.1) is 0 Å². The van der Waals surface area contributed by atoms with Crippen LogP contribution in [0.25, 0.3) is 0 Å². The Labute approximate surface area is 125 Å². The van der Waals surface area contributed by atoms with Crippen LogP contribution in [-0.4, -0.2) is 16.8 Å². The van der Waals surface area contributed by atoms with Gasteiger partial charge < -0.3 is 10.4 Å². The van der Waals surface area contributed by atoms with Crippen molar-refractivity contribution in [3.05, 3.63) is 24.8 Å². The number of halogens is 2. The van der Waals surface area contributed by atoms with Crippen molar-refractivity contribution >= 4 is 62.6 Å². The van der Waals surface area contributed by atoms with E-state index in [-0.39, 0.29) is 12.2 Å². The summed E-state index contributed by atoms with van der Waals surface area (Å²) < 4.78 is 1.75. The summed E-state index contributed by atoms with van der Waals surface area (Å²) in [5.74, 6) is -0.743. The van der Waals surface area contributed by atoms with Crippen molar-refractivity contribution in [3.63, 3.8) is 0 Å². The molecule has 0 bridgehead atoms. The molecule has 1 aliphatic rings. The molecule has 1 aliphatic heterocycles. The Morgan fingerprint density at radius 3 is 2.71 bits per heavy atom. The lowest BCUT2D eigenvalue weighted by atomic mass is 9.90. The molecular weight excluding hydrogens is 448 g/mol. The summed E-state index contributed by atoms with van der Waals surface area (Å²) >= 11 is 4.20. The lowest BCUT2D eigenvalue weighted by Crippen LogP contribution is -2.36. The van der Waals surface area contributed by atoms with E-state index in [1.54, 1.807) is 6.07 Å². The van der Waals surface area contributed by atoms with Gasteiger partial charge in [-0.25, -0.2) is 0 Å². The van der Waals surface area contributed by atoms with Crippen LogP contribution < -0.4 is 5.32 Å². The predicted molar refractivity (Wildman–Crippen MR) is 79.7 cm³/mol. The SMILES string of the molecule is CC(=O)CC1(O)C(=O)Nc2cc(I)cc(I)c21. The third-order valence-electron chi connectivity index (χ3n) is 2.60. The molecule has 17 heavy (non-hydrogen) atoms. The van der Waals surface area contributed by atoms with Gasteiger partial charge in [-0.2, -0.15) is 0 Å². The Morgan fingerprint density at radius 2 is 2.12 bits per heavy atom. The molecule has 0 aromatic heterocycles. The lowest BCUT2D eigenvalue weighted by molar-refractivity contribution is -0.139. The van der Waals surface area contributed by atoms with Crippen molar-refractivity contribution in [1.82, 2.24) is 0 Å². The molecule has 0 saturated heterocycles. The number of carbonyl (C=O) groups is 2. The molecule has 1 unspecified atom stereocenters.